The molecule has 1 aliphatic heterocycles. The van der Waals surface area contributed by atoms with Gasteiger partial charge in [0.15, 0.2) is 5.96 Å². The van der Waals surface area contributed by atoms with Crippen molar-refractivity contribution in [1.82, 2.24) is 16.0 Å². The Labute approximate surface area is 199 Å². The number of carbonyl (C=O) groups excluding carboxylic acids is 2. The van der Waals surface area contributed by atoms with Crippen LogP contribution in [0, 0.1) is 0 Å². The largest absolute Gasteiger partial charge is 0.497 e. The van der Waals surface area contributed by atoms with E-state index in [0.717, 1.165) is 11.3 Å². The van der Waals surface area contributed by atoms with Gasteiger partial charge in [0.2, 0.25) is 5.91 Å². The second kappa shape index (κ2) is 12.1. The first kappa shape index (κ1) is 24.4. The first-order valence-corrected chi connectivity index (χ1v) is 9.86. The highest BCUT2D eigenvalue weighted by Gasteiger charge is 2.24. The van der Waals surface area contributed by atoms with Gasteiger partial charge < -0.3 is 26.0 Å². The molecule has 2 aromatic carbocycles. The second-order valence-electron chi connectivity index (χ2n) is 6.90. The molecule has 8 nitrogen and oxygen atoms in total. The maximum atomic E-state index is 12.2. The molecule has 3 rings (SSSR count). The molecule has 0 radical (unpaired) electrons. The van der Waals surface area contributed by atoms with Crippen molar-refractivity contribution in [3.8, 4) is 5.75 Å². The van der Waals surface area contributed by atoms with Gasteiger partial charge in [0.1, 0.15) is 5.75 Å². The van der Waals surface area contributed by atoms with E-state index in [4.69, 9.17) is 4.74 Å². The minimum Gasteiger partial charge on any atom is -0.497 e. The van der Waals surface area contributed by atoms with Gasteiger partial charge >= 0.3 is 0 Å². The molecule has 1 heterocycles. The molecule has 1 atom stereocenters. The number of amides is 2. The topological polar surface area (TPSA) is 104 Å². The van der Waals surface area contributed by atoms with E-state index in [1.807, 2.05) is 24.3 Å². The standard InChI is InChI=1S/C22H27N5O3.HI/c1-23-22(25-12-11-24-21(29)15-7-9-17(30-2)10-8-15)26-14-16-13-20(28)27-19-6-4-3-5-18(16)19;/h3-10,16H,11-14H2,1-2H3,(H,24,29)(H,27,28)(H2,23,25,26);1H. The zero-order valence-corrected chi connectivity index (χ0v) is 19.9. The van der Waals surface area contributed by atoms with Gasteiger partial charge in [-0.25, -0.2) is 0 Å². The number of nitrogens with one attached hydrogen (secondary N) is 4. The molecule has 0 aliphatic carbocycles. The van der Waals surface area contributed by atoms with E-state index in [-0.39, 0.29) is 41.7 Å². The molecule has 9 heteroatoms. The molecule has 166 valence electrons. The van der Waals surface area contributed by atoms with E-state index in [9.17, 15) is 9.59 Å². The van der Waals surface area contributed by atoms with E-state index in [1.54, 1.807) is 38.4 Å². The Hall–Kier alpha value is -2.82. The van der Waals surface area contributed by atoms with E-state index in [0.29, 0.717) is 43.3 Å². The van der Waals surface area contributed by atoms with Crippen LogP contribution in [0.3, 0.4) is 0 Å². The van der Waals surface area contributed by atoms with Gasteiger partial charge in [-0.05, 0) is 35.9 Å². The smallest absolute Gasteiger partial charge is 0.251 e. The van der Waals surface area contributed by atoms with Gasteiger partial charge in [0.25, 0.3) is 5.91 Å². The Bertz CT molecular complexity index is 918. The zero-order chi connectivity index (χ0) is 21.3. The average molecular weight is 537 g/mol. The Morgan fingerprint density at radius 3 is 2.52 bits per heavy atom. The molecule has 1 aliphatic rings. The highest BCUT2D eigenvalue weighted by molar-refractivity contribution is 14.0. The van der Waals surface area contributed by atoms with Crippen LogP contribution < -0.4 is 26.0 Å². The van der Waals surface area contributed by atoms with Crippen molar-refractivity contribution in [2.24, 2.45) is 4.99 Å². The number of aliphatic imine (C=N–C) groups is 1. The monoisotopic (exact) mass is 537 g/mol. The SMILES string of the molecule is CN=C(NCCNC(=O)c1ccc(OC)cc1)NCC1CC(=O)Nc2ccccc21.I. The summed E-state index contributed by atoms with van der Waals surface area (Å²) in [5, 5.41) is 12.2. The number of benzene rings is 2. The minimum absolute atomic E-state index is 0. The van der Waals surface area contributed by atoms with Gasteiger partial charge in [0.05, 0.1) is 7.11 Å². The van der Waals surface area contributed by atoms with Crippen LogP contribution in [0.1, 0.15) is 28.3 Å². The first-order valence-electron chi connectivity index (χ1n) is 9.86. The number of halogens is 1. The lowest BCUT2D eigenvalue weighted by molar-refractivity contribution is -0.116. The van der Waals surface area contributed by atoms with Crippen molar-refractivity contribution in [3.05, 3.63) is 59.7 Å². The van der Waals surface area contributed by atoms with Crippen LogP contribution in [-0.2, 0) is 4.79 Å². The van der Waals surface area contributed by atoms with Crippen LogP contribution in [0.2, 0.25) is 0 Å². The number of rotatable bonds is 7. The molecule has 2 aromatic rings. The first-order chi connectivity index (χ1) is 14.6. The van der Waals surface area contributed by atoms with Crippen LogP contribution in [0.4, 0.5) is 5.69 Å². The van der Waals surface area contributed by atoms with Gasteiger partial charge in [-0.3, -0.25) is 14.6 Å². The maximum Gasteiger partial charge on any atom is 0.251 e. The summed E-state index contributed by atoms with van der Waals surface area (Å²) in [5.41, 5.74) is 2.56. The Kier molecular flexibility index (Phi) is 9.57. The lowest BCUT2D eigenvalue weighted by atomic mass is 9.90. The molecule has 0 fully saturated rings. The average Bonchev–Trinajstić information content (AvgIpc) is 2.78. The van der Waals surface area contributed by atoms with Crippen molar-refractivity contribution in [2.75, 3.05) is 39.1 Å². The van der Waals surface area contributed by atoms with Crippen molar-refractivity contribution in [1.29, 1.82) is 0 Å². The van der Waals surface area contributed by atoms with Crippen molar-refractivity contribution in [2.45, 2.75) is 12.3 Å². The maximum absolute atomic E-state index is 12.2. The summed E-state index contributed by atoms with van der Waals surface area (Å²) >= 11 is 0. The highest BCUT2D eigenvalue weighted by atomic mass is 127. The van der Waals surface area contributed by atoms with E-state index in [2.05, 4.69) is 26.3 Å². The number of carbonyl (C=O) groups is 2. The molecule has 1 unspecified atom stereocenters. The quantitative estimate of drug-likeness (QED) is 0.188. The molecule has 0 bridgehead atoms. The number of fused-ring (bicyclic) bond motifs is 1. The fourth-order valence-electron chi connectivity index (χ4n) is 3.33. The number of anilines is 1. The van der Waals surface area contributed by atoms with Crippen molar-refractivity contribution >= 4 is 47.4 Å². The number of methoxy groups -OCH3 is 1. The fourth-order valence-corrected chi connectivity index (χ4v) is 3.33. The fraction of sp³-hybridized carbons (Fsp3) is 0.318. The number of nitrogens with zero attached hydrogens (tertiary/aromatic N) is 1. The number of hydrogen-bond donors (Lipinski definition) is 4. The van der Waals surface area contributed by atoms with E-state index < -0.39 is 0 Å². The highest BCUT2D eigenvalue weighted by Crippen LogP contribution is 2.31. The normalized spacial score (nSPS) is 15.1. The Balaban J connectivity index is 0.00000341. The predicted molar refractivity (Wildman–Crippen MR) is 133 cm³/mol. The predicted octanol–water partition coefficient (Wildman–Crippen LogP) is 2.33. The van der Waals surface area contributed by atoms with Crippen LogP contribution in [-0.4, -0.2) is 51.6 Å². The summed E-state index contributed by atoms with van der Waals surface area (Å²) in [6, 6.07) is 14.8. The summed E-state index contributed by atoms with van der Waals surface area (Å²) < 4.78 is 5.09. The summed E-state index contributed by atoms with van der Waals surface area (Å²) in [4.78, 5) is 28.3. The summed E-state index contributed by atoms with van der Waals surface area (Å²) in [5.74, 6) is 1.28. The molecule has 0 saturated carbocycles. The van der Waals surface area contributed by atoms with Crippen LogP contribution in [0.5, 0.6) is 5.75 Å². The van der Waals surface area contributed by atoms with E-state index >= 15 is 0 Å². The number of guanidine groups is 1. The minimum atomic E-state index is -0.146. The van der Waals surface area contributed by atoms with Crippen LogP contribution in [0.15, 0.2) is 53.5 Å². The molecular formula is C22H28IN5O3. The summed E-state index contributed by atoms with van der Waals surface area (Å²) in [7, 11) is 3.27. The second-order valence-corrected chi connectivity index (χ2v) is 6.90. The molecule has 4 N–H and O–H groups in total. The lowest BCUT2D eigenvalue weighted by Gasteiger charge is -2.26. The molecule has 31 heavy (non-hydrogen) atoms. The van der Waals surface area contributed by atoms with Gasteiger partial charge in [-0.15, -0.1) is 24.0 Å². The van der Waals surface area contributed by atoms with Crippen molar-refractivity contribution in [3.63, 3.8) is 0 Å². The lowest BCUT2D eigenvalue weighted by Crippen LogP contribution is -2.43. The number of ether oxygens (including phenoxy) is 1. The van der Waals surface area contributed by atoms with Gasteiger partial charge in [-0.2, -0.15) is 0 Å². The Morgan fingerprint density at radius 2 is 1.81 bits per heavy atom. The molecule has 0 saturated heterocycles. The summed E-state index contributed by atoms with van der Waals surface area (Å²) in [6.07, 6.45) is 0.429. The van der Waals surface area contributed by atoms with Crippen LogP contribution >= 0.6 is 24.0 Å². The number of para-hydroxylation sites is 1. The molecule has 0 spiro atoms. The number of hydrogen-bond acceptors (Lipinski definition) is 4. The van der Waals surface area contributed by atoms with Gasteiger partial charge in [-0.1, -0.05) is 18.2 Å². The Morgan fingerprint density at radius 1 is 1.10 bits per heavy atom. The summed E-state index contributed by atoms with van der Waals surface area (Å²) in [6.45, 7) is 1.55. The third kappa shape index (κ3) is 6.84. The van der Waals surface area contributed by atoms with E-state index in [1.165, 1.54) is 0 Å². The zero-order valence-electron chi connectivity index (χ0n) is 17.6. The van der Waals surface area contributed by atoms with Crippen LogP contribution in [0.25, 0.3) is 0 Å². The third-order valence-corrected chi connectivity index (χ3v) is 4.90. The molecular weight excluding hydrogens is 509 g/mol. The van der Waals surface area contributed by atoms with Gasteiger partial charge in [0, 0.05) is 50.3 Å². The molecule has 2 amide bonds. The van der Waals surface area contributed by atoms with Crippen molar-refractivity contribution < 1.29 is 14.3 Å². The molecule has 0 aromatic heterocycles. The third-order valence-electron chi connectivity index (χ3n) is 4.90.